The van der Waals surface area contributed by atoms with Gasteiger partial charge in [-0.25, -0.2) is 0 Å². The molecule has 1 heterocycles. The van der Waals surface area contributed by atoms with Crippen molar-refractivity contribution in [3.05, 3.63) is 41.7 Å². The first kappa shape index (κ1) is 16.1. The molecule has 2 aromatic rings. The zero-order chi connectivity index (χ0) is 16.1. The molecule has 0 aliphatic carbocycles. The van der Waals surface area contributed by atoms with Crippen molar-refractivity contribution in [1.29, 1.82) is 0 Å². The first-order valence-electron chi connectivity index (χ1n) is 7.51. The van der Waals surface area contributed by atoms with Crippen molar-refractivity contribution < 1.29 is 9.90 Å². The molecule has 2 rings (SSSR count). The first-order valence-corrected chi connectivity index (χ1v) is 7.51. The molecule has 3 unspecified atom stereocenters. The number of carboxylic acids is 1. The van der Waals surface area contributed by atoms with E-state index in [9.17, 15) is 9.90 Å². The van der Waals surface area contributed by atoms with Crippen LogP contribution in [0.2, 0.25) is 0 Å². The summed E-state index contributed by atoms with van der Waals surface area (Å²) < 4.78 is 0. The maximum Gasteiger partial charge on any atom is 0.307 e. The van der Waals surface area contributed by atoms with Gasteiger partial charge in [-0.15, -0.1) is 10.2 Å². The molecular weight excluding hydrogens is 280 g/mol. The Kier molecular flexibility index (Phi) is 5.25. The van der Waals surface area contributed by atoms with Crippen LogP contribution in [0, 0.1) is 11.8 Å². The molecule has 0 aliphatic rings. The van der Waals surface area contributed by atoms with Crippen molar-refractivity contribution in [3.8, 4) is 0 Å². The van der Waals surface area contributed by atoms with Gasteiger partial charge in [0.05, 0.1) is 5.92 Å². The largest absolute Gasteiger partial charge is 0.481 e. The summed E-state index contributed by atoms with van der Waals surface area (Å²) in [6.45, 7) is 6.07. The molecule has 0 fully saturated rings. The van der Waals surface area contributed by atoms with Crippen molar-refractivity contribution in [2.45, 2.75) is 39.0 Å². The molecule has 0 amide bonds. The third-order valence-corrected chi connectivity index (χ3v) is 4.00. The predicted octanol–water partition coefficient (Wildman–Crippen LogP) is 2.83. The molecule has 0 bridgehead atoms. The van der Waals surface area contributed by atoms with Crippen LogP contribution in [0.3, 0.4) is 0 Å². The van der Waals surface area contributed by atoms with Gasteiger partial charge in [0, 0.05) is 5.92 Å². The molecule has 0 saturated carbocycles. The number of rotatable bonds is 7. The highest BCUT2D eigenvalue weighted by atomic mass is 16.4. The summed E-state index contributed by atoms with van der Waals surface area (Å²) in [5.41, 5.74) is 1.08. The Balaban J connectivity index is 2.40. The zero-order valence-corrected chi connectivity index (χ0v) is 13.1. The van der Waals surface area contributed by atoms with Gasteiger partial charge in [0.2, 0.25) is 0 Å². The lowest BCUT2D eigenvalue weighted by atomic mass is 9.75. The summed E-state index contributed by atoms with van der Waals surface area (Å²) in [7, 11) is 0. The molecule has 118 valence electrons. The van der Waals surface area contributed by atoms with Gasteiger partial charge in [-0.2, -0.15) is 5.21 Å². The van der Waals surface area contributed by atoms with E-state index >= 15 is 0 Å². The molecule has 0 radical (unpaired) electrons. The molecule has 0 saturated heterocycles. The van der Waals surface area contributed by atoms with Crippen LogP contribution in [0.15, 0.2) is 30.3 Å². The SMILES string of the molecule is CC(C)CC(C(=O)O)C(c1nn[nH]n1)C(C)c1ccccc1. The lowest BCUT2D eigenvalue weighted by molar-refractivity contribution is -0.143. The molecule has 2 N–H and O–H groups in total. The number of nitrogens with one attached hydrogen (secondary N) is 1. The van der Waals surface area contributed by atoms with Crippen molar-refractivity contribution in [1.82, 2.24) is 20.6 Å². The minimum absolute atomic E-state index is 0.0151. The first-order chi connectivity index (χ1) is 10.5. The van der Waals surface area contributed by atoms with E-state index in [0.29, 0.717) is 12.2 Å². The topological polar surface area (TPSA) is 91.8 Å². The van der Waals surface area contributed by atoms with Crippen LogP contribution in [0.4, 0.5) is 0 Å². The second kappa shape index (κ2) is 7.15. The number of aliphatic carboxylic acids is 1. The summed E-state index contributed by atoms with van der Waals surface area (Å²) in [4.78, 5) is 11.8. The second-order valence-electron chi connectivity index (χ2n) is 6.07. The van der Waals surface area contributed by atoms with Crippen LogP contribution in [-0.4, -0.2) is 31.7 Å². The van der Waals surface area contributed by atoms with E-state index in [-0.39, 0.29) is 17.8 Å². The fourth-order valence-corrected chi connectivity index (χ4v) is 2.94. The minimum atomic E-state index is -0.814. The van der Waals surface area contributed by atoms with Gasteiger partial charge in [0.1, 0.15) is 0 Å². The number of aromatic nitrogens is 4. The smallest absolute Gasteiger partial charge is 0.307 e. The van der Waals surface area contributed by atoms with Crippen LogP contribution < -0.4 is 0 Å². The molecule has 3 atom stereocenters. The minimum Gasteiger partial charge on any atom is -0.481 e. The maximum atomic E-state index is 11.8. The quantitative estimate of drug-likeness (QED) is 0.820. The number of carbonyl (C=O) groups is 1. The van der Waals surface area contributed by atoms with Crippen molar-refractivity contribution in [2.75, 3.05) is 0 Å². The van der Waals surface area contributed by atoms with E-state index in [1.807, 2.05) is 51.1 Å². The lowest BCUT2D eigenvalue weighted by Gasteiger charge is -2.28. The monoisotopic (exact) mass is 302 g/mol. The van der Waals surface area contributed by atoms with E-state index in [4.69, 9.17) is 0 Å². The molecule has 1 aromatic heterocycles. The summed E-state index contributed by atoms with van der Waals surface area (Å²) in [5.74, 6) is -0.957. The number of tetrazole rings is 1. The van der Waals surface area contributed by atoms with Gasteiger partial charge in [-0.3, -0.25) is 4.79 Å². The summed E-state index contributed by atoms with van der Waals surface area (Å²) in [5, 5.41) is 23.9. The summed E-state index contributed by atoms with van der Waals surface area (Å²) in [6.07, 6.45) is 0.575. The molecule has 22 heavy (non-hydrogen) atoms. The van der Waals surface area contributed by atoms with Crippen LogP contribution in [0.5, 0.6) is 0 Å². The van der Waals surface area contributed by atoms with E-state index in [2.05, 4.69) is 20.6 Å². The Morgan fingerprint density at radius 1 is 1.23 bits per heavy atom. The van der Waals surface area contributed by atoms with E-state index in [0.717, 1.165) is 5.56 Å². The maximum absolute atomic E-state index is 11.8. The number of H-pyrrole nitrogens is 1. The van der Waals surface area contributed by atoms with Gasteiger partial charge in [0.15, 0.2) is 5.82 Å². The van der Waals surface area contributed by atoms with Gasteiger partial charge < -0.3 is 5.11 Å². The number of carboxylic acid groups (broad SMARTS) is 1. The highest BCUT2D eigenvalue weighted by Crippen LogP contribution is 2.39. The van der Waals surface area contributed by atoms with Gasteiger partial charge in [0.25, 0.3) is 0 Å². The van der Waals surface area contributed by atoms with Crippen LogP contribution >= 0.6 is 0 Å². The van der Waals surface area contributed by atoms with Crippen molar-refractivity contribution in [3.63, 3.8) is 0 Å². The average molecular weight is 302 g/mol. The van der Waals surface area contributed by atoms with Crippen LogP contribution in [0.1, 0.15) is 50.4 Å². The second-order valence-corrected chi connectivity index (χ2v) is 6.07. The van der Waals surface area contributed by atoms with Crippen LogP contribution in [-0.2, 0) is 4.79 Å². The Hall–Kier alpha value is -2.24. The molecule has 0 aliphatic heterocycles. The number of nitrogens with zero attached hydrogens (tertiary/aromatic N) is 3. The Bertz CT molecular complexity index is 583. The van der Waals surface area contributed by atoms with E-state index in [1.165, 1.54) is 0 Å². The van der Waals surface area contributed by atoms with Crippen molar-refractivity contribution in [2.24, 2.45) is 11.8 Å². The fraction of sp³-hybridized carbons (Fsp3) is 0.500. The third-order valence-electron chi connectivity index (χ3n) is 4.00. The van der Waals surface area contributed by atoms with Gasteiger partial charge in [-0.05, 0) is 23.8 Å². The summed E-state index contributed by atoms with van der Waals surface area (Å²) in [6, 6.07) is 9.87. The molecular formula is C16H22N4O2. The third kappa shape index (κ3) is 3.69. The standard InChI is InChI=1S/C16H22N4O2/c1-10(2)9-13(16(21)22)14(15-17-19-20-18-15)11(3)12-7-5-4-6-8-12/h4-8,10-11,13-14H,9H2,1-3H3,(H,21,22)(H,17,18,19,20). The molecule has 1 aromatic carbocycles. The molecule has 6 nitrogen and oxygen atoms in total. The number of hydrogen-bond donors (Lipinski definition) is 2. The Labute approximate surface area is 130 Å². The predicted molar refractivity (Wildman–Crippen MR) is 82.4 cm³/mol. The lowest BCUT2D eigenvalue weighted by Crippen LogP contribution is -2.28. The van der Waals surface area contributed by atoms with Gasteiger partial charge in [-0.1, -0.05) is 56.3 Å². The Morgan fingerprint density at radius 2 is 1.91 bits per heavy atom. The fourth-order valence-electron chi connectivity index (χ4n) is 2.94. The van der Waals surface area contributed by atoms with Gasteiger partial charge >= 0.3 is 5.97 Å². The van der Waals surface area contributed by atoms with E-state index < -0.39 is 11.9 Å². The van der Waals surface area contributed by atoms with Crippen molar-refractivity contribution >= 4 is 5.97 Å². The molecule has 0 spiro atoms. The number of aromatic amines is 1. The normalized spacial score (nSPS) is 15.5. The summed E-state index contributed by atoms with van der Waals surface area (Å²) >= 11 is 0. The average Bonchev–Trinajstić information content (AvgIpc) is 3.00. The zero-order valence-electron chi connectivity index (χ0n) is 13.1. The van der Waals surface area contributed by atoms with E-state index in [1.54, 1.807) is 0 Å². The highest BCUT2D eigenvalue weighted by molar-refractivity contribution is 5.71. The number of hydrogen-bond acceptors (Lipinski definition) is 4. The highest BCUT2D eigenvalue weighted by Gasteiger charge is 2.37. The van der Waals surface area contributed by atoms with Crippen LogP contribution in [0.25, 0.3) is 0 Å². The number of benzene rings is 1. The molecule has 6 heteroatoms. The Morgan fingerprint density at radius 3 is 2.41 bits per heavy atom.